The fourth-order valence-corrected chi connectivity index (χ4v) is 2.16. The van der Waals surface area contributed by atoms with Gasteiger partial charge in [-0.05, 0) is 51.3 Å². The van der Waals surface area contributed by atoms with Gasteiger partial charge in [0.15, 0.2) is 0 Å². The second kappa shape index (κ2) is 7.55. The second-order valence-electron chi connectivity index (χ2n) is 4.51. The predicted molar refractivity (Wildman–Crippen MR) is 63.8 cm³/mol. The normalized spacial score (nSPS) is 24.2. The first-order chi connectivity index (χ1) is 7.72. The maximum atomic E-state index is 13.3. The summed E-state index contributed by atoms with van der Waals surface area (Å²) in [5.74, 6) is 0.473. The average molecular weight is 229 g/mol. The van der Waals surface area contributed by atoms with Crippen molar-refractivity contribution in [2.45, 2.75) is 25.7 Å². The number of halogens is 2. The second-order valence-corrected chi connectivity index (χ2v) is 4.51. The molecule has 1 heterocycles. The summed E-state index contributed by atoms with van der Waals surface area (Å²) < 4.78 is 25.0. The van der Waals surface area contributed by atoms with Crippen molar-refractivity contribution in [2.75, 3.05) is 26.8 Å². The first-order valence-electron chi connectivity index (χ1n) is 5.98. The standard InChI is InChI=1S/C13H21F2N/c1-16-10-4-5-12(11-16)7-8-13(15)6-2-3-9-14/h2-3,6,12H,4-5,7-11H2,1H3/b3-2-,13-6+. The van der Waals surface area contributed by atoms with Gasteiger partial charge in [0.2, 0.25) is 0 Å². The van der Waals surface area contributed by atoms with E-state index in [0.717, 1.165) is 19.5 Å². The predicted octanol–water partition coefficient (Wildman–Crippen LogP) is 3.49. The first-order valence-corrected chi connectivity index (χ1v) is 5.98. The van der Waals surface area contributed by atoms with E-state index in [1.165, 1.54) is 31.1 Å². The molecule has 0 radical (unpaired) electrons. The fraction of sp³-hybridized carbons (Fsp3) is 0.692. The Morgan fingerprint density at radius 3 is 3.00 bits per heavy atom. The fourth-order valence-electron chi connectivity index (χ4n) is 2.16. The molecule has 0 N–H and O–H groups in total. The third kappa shape index (κ3) is 5.40. The number of hydrogen-bond donors (Lipinski definition) is 0. The summed E-state index contributed by atoms with van der Waals surface area (Å²) in [5, 5.41) is 0. The Bertz CT molecular complexity index is 248. The van der Waals surface area contributed by atoms with Crippen LogP contribution in [-0.2, 0) is 0 Å². The van der Waals surface area contributed by atoms with Crippen molar-refractivity contribution in [1.29, 1.82) is 0 Å². The number of hydrogen-bond acceptors (Lipinski definition) is 1. The van der Waals surface area contributed by atoms with Crippen molar-refractivity contribution in [1.82, 2.24) is 4.90 Å². The lowest BCUT2D eigenvalue weighted by Gasteiger charge is -2.29. The summed E-state index contributed by atoms with van der Waals surface area (Å²) in [6.07, 6.45) is 7.93. The Morgan fingerprint density at radius 2 is 2.31 bits per heavy atom. The summed E-state index contributed by atoms with van der Waals surface area (Å²) >= 11 is 0. The molecule has 0 aliphatic carbocycles. The van der Waals surface area contributed by atoms with E-state index in [1.807, 2.05) is 0 Å². The lowest BCUT2D eigenvalue weighted by atomic mass is 9.93. The highest BCUT2D eigenvalue weighted by Crippen LogP contribution is 2.22. The molecule has 0 spiro atoms. The Kier molecular flexibility index (Phi) is 6.31. The molecule has 1 aliphatic heterocycles. The molecule has 0 saturated carbocycles. The van der Waals surface area contributed by atoms with Gasteiger partial charge in [0.05, 0.1) is 5.83 Å². The molecule has 0 aromatic carbocycles. The zero-order valence-corrected chi connectivity index (χ0v) is 9.96. The van der Waals surface area contributed by atoms with E-state index in [9.17, 15) is 8.78 Å². The molecule has 1 atom stereocenters. The number of allylic oxidation sites excluding steroid dienone is 4. The van der Waals surface area contributed by atoms with E-state index in [0.29, 0.717) is 12.3 Å². The summed E-state index contributed by atoms with van der Waals surface area (Å²) in [4.78, 5) is 2.30. The third-order valence-corrected chi connectivity index (χ3v) is 3.02. The molecule has 1 saturated heterocycles. The van der Waals surface area contributed by atoms with Gasteiger partial charge < -0.3 is 4.90 Å². The zero-order valence-electron chi connectivity index (χ0n) is 9.96. The molecular weight excluding hydrogens is 208 g/mol. The Labute approximate surface area is 96.8 Å². The average Bonchev–Trinajstić information content (AvgIpc) is 2.27. The van der Waals surface area contributed by atoms with Gasteiger partial charge in [0.1, 0.15) is 6.67 Å². The van der Waals surface area contributed by atoms with Crippen LogP contribution in [0.5, 0.6) is 0 Å². The Balaban J connectivity index is 2.22. The van der Waals surface area contributed by atoms with Crippen molar-refractivity contribution in [3.63, 3.8) is 0 Å². The van der Waals surface area contributed by atoms with Crippen LogP contribution in [-0.4, -0.2) is 31.7 Å². The summed E-state index contributed by atoms with van der Waals surface area (Å²) in [7, 11) is 2.11. The zero-order chi connectivity index (χ0) is 11.8. The number of rotatable bonds is 5. The van der Waals surface area contributed by atoms with Crippen molar-refractivity contribution >= 4 is 0 Å². The van der Waals surface area contributed by atoms with E-state index in [-0.39, 0.29) is 5.83 Å². The topological polar surface area (TPSA) is 3.24 Å². The minimum atomic E-state index is -0.531. The van der Waals surface area contributed by atoms with Crippen LogP contribution in [0.1, 0.15) is 25.7 Å². The number of nitrogens with zero attached hydrogens (tertiary/aromatic N) is 1. The van der Waals surface area contributed by atoms with Gasteiger partial charge in [0.25, 0.3) is 0 Å². The number of likely N-dealkylation sites (tertiary alicyclic amines) is 1. The molecule has 1 unspecified atom stereocenters. The quantitative estimate of drug-likeness (QED) is 0.652. The molecule has 92 valence electrons. The van der Waals surface area contributed by atoms with Gasteiger partial charge in [-0.25, -0.2) is 8.78 Å². The minimum Gasteiger partial charge on any atom is -0.306 e. The van der Waals surface area contributed by atoms with Crippen molar-refractivity contribution in [2.24, 2.45) is 5.92 Å². The maximum absolute atomic E-state index is 13.3. The molecule has 0 bridgehead atoms. The maximum Gasteiger partial charge on any atom is 0.108 e. The van der Waals surface area contributed by atoms with Crippen LogP contribution in [0, 0.1) is 5.92 Å². The van der Waals surface area contributed by atoms with Crippen LogP contribution in [0.2, 0.25) is 0 Å². The molecule has 1 fully saturated rings. The molecule has 0 aromatic heterocycles. The monoisotopic (exact) mass is 229 g/mol. The van der Waals surface area contributed by atoms with Crippen LogP contribution in [0.15, 0.2) is 24.1 Å². The first kappa shape index (κ1) is 13.4. The van der Waals surface area contributed by atoms with Gasteiger partial charge in [-0.2, -0.15) is 0 Å². The van der Waals surface area contributed by atoms with Gasteiger partial charge in [-0.3, -0.25) is 0 Å². The van der Waals surface area contributed by atoms with Crippen molar-refractivity contribution in [3.8, 4) is 0 Å². The van der Waals surface area contributed by atoms with Crippen molar-refractivity contribution < 1.29 is 8.78 Å². The lowest BCUT2D eigenvalue weighted by Crippen LogP contribution is -2.31. The molecule has 0 aromatic rings. The molecule has 16 heavy (non-hydrogen) atoms. The summed E-state index contributed by atoms with van der Waals surface area (Å²) in [6, 6.07) is 0. The Hall–Kier alpha value is -0.700. The smallest absolute Gasteiger partial charge is 0.108 e. The molecule has 1 aliphatic rings. The van der Waals surface area contributed by atoms with Gasteiger partial charge in [0, 0.05) is 6.54 Å². The summed E-state index contributed by atoms with van der Waals surface area (Å²) in [6.45, 7) is 1.71. The van der Waals surface area contributed by atoms with E-state index >= 15 is 0 Å². The van der Waals surface area contributed by atoms with E-state index in [1.54, 1.807) is 0 Å². The van der Waals surface area contributed by atoms with E-state index in [4.69, 9.17) is 0 Å². The largest absolute Gasteiger partial charge is 0.306 e. The molecule has 3 heteroatoms. The van der Waals surface area contributed by atoms with Crippen LogP contribution < -0.4 is 0 Å². The van der Waals surface area contributed by atoms with E-state index in [2.05, 4.69) is 11.9 Å². The highest BCUT2D eigenvalue weighted by atomic mass is 19.1. The molecule has 1 rings (SSSR count). The highest BCUT2D eigenvalue weighted by Gasteiger charge is 2.16. The number of alkyl halides is 1. The molecular formula is C13H21F2N. The number of piperidine rings is 1. The van der Waals surface area contributed by atoms with Gasteiger partial charge in [-0.15, -0.1) is 0 Å². The highest BCUT2D eigenvalue weighted by molar-refractivity contribution is 5.07. The molecule has 1 nitrogen and oxygen atoms in total. The van der Waals surface area contributed by atoms with Crippen LogP contribution in [0.25, 0.3) is 0 Å². The SMILES string of the molecule is CN1CCCC(CC/C(F)=C\C=C/CF)C1. The minimum absolute atomic E-state index is 0.141. The Morgan fingerprint density at radius 1 is 1.50 bits per heavy atom. The van der Waals surface area contributed by atoms with Crippen LogP contribution in [0.4, 0.5) is 8.78 Å². The van der Waals surface area contributed by atoms with Crippen molar-refractivity contribution in [3.05, 3.63) is 24.1 Å². The van der Waals surface area contributed by atoms with E-state index < -0.39 is 6.67 Å². The van der Waals surface area contributed by atoms with Crippen LogP contribution >= 0.6 is 0 Å². The van der Waals surface area contributed by atoms with Crippen LogP contribution in [0.3, 0.4) is 0 Å². The van der Waals surface area contributed by atoms with Gasteiger partial charge >= 0.3 is 0 Å². The lowest BCUT2D eigenvalue weighted by molar-refractivity contribution is 0.200. The summed E-state index contributed by atoms with van der Waals surface area (Å²) in [5.41, 5.74) is 0. The third-order valence-electron chi connectivity index (χ3n) is 3.02. The molecule has 0 amide bonds. The van der Waals surface area contributed by atoms with Gasteiger partial charge in [-0.1, -0.05) is 12.2 Å².